The third-order valence-electron chi connectivity index (χ3n) is 4.85. The molecule has 0 unspecified atom stereocenters. The molecule has 0 aliphatic carbocycles. The molecule has 1 aliphatic rings. The lowest BCUT2D eigenvalue weighted by atomic mass is 10.0. The van der Waals surface area contributed by atoms with Crippen molar-refractivity contribution in [3.63, 3.8) is 0 Å². The third-order valence-corrected chi connectivity index (χ3v) is 4.85. The number of aromatic nitrogens is 2. The molecule has 2 aromatic heterocycles. The van der Waals surface area contributed by atoms with E-state index in [0.717, 1.165) is 22.3 Å². The van der Waals surface area contributed by atoms with Gasteiger partial charge in [0.25, 0.3) is 11.8 Å². The summed E-state index contributed by atoms with van der Waals surface area (Å²) in [6.45, 7) is 0.445. The lowest BCUT2D eigenvalue weighted by molar-refractivity contribution is 0.0996. The number of benzene rings is 1. The van der Waals surface area contributed by atoms with Crippen LogP contribution in [0.2, 0.25) is 0 Å². The summed E-state index contributed by atoms with van der Waals surface area (Å²) in [5.41, 5.74) is 4.86. The molecule has 144 valence electrons. The van der Waals surface area contributed by atoms with E-state index in [4.69, 9.17) is 14.7 Å². The van der Waals surface area contributed by atoms with Gasteiger partial charge in [-0.3, -0.25) is 9.78 Å². The highest BCUT2D eigenvalue weighted by Gasteiger charge is 2.29. The number of methoxy groups -OCH3 is 2. The number of ether oxygens (including phenoxy) is 2. The van der Waals surface area contributed by atoms with Gasteiger partial charge in [-0.25, -0.2) is 4.98 Å². The number of hydrogen-bond acceptors (Lipinski definition) is 6. The molecule has 4 rings (SSSR count). The smallest absolute Gasteiger partial charge is 0.258 e. The maximum absolute atomic E-state index is 12.9. The Morgan fingerprint density at radius 1 is 1.10 bits per heavy atom. The molecule has 0 bridgehead atoms. The summed E-state index contributed by atoms with van der Waals surface area (Å²) >= 11 is 0. The van der Waals surface area contributed by atoms with Crippen molar-refractivity contribution in [2.45, 2.75) is 13.0 Å². The Kier molecular flexibility index (Phi) is 4.83. The van der Waals surface area contributed by atoms with E-state index in [1.165, 1.54) is 0 Å². The van der Waals surface area contributed by atoms with Gasteiger partial charge in [-0.05, 0) is 41.0 Å². The Morgan fingerprint density at radius 2 is 1.97 bits per heavy atom. The van der Waals surface area contributed by atoms with Gasteiger partial charge in [0.05, 0.1) is 45.1 Å². The molecule has 7 heteroatoms. The summed E-state index contributed by atoms with van der Waals surface area (Å²) in [5.74, 6) is 0.889. The largest absolute Gasteiger partial charge is 0.491 e. The van der Waals surface area contributed by atoms with Gasteiger partial charge in [0.15, 0.2) is 5.75 Å². The molecule has 0 saturated heterocycles. The van der Waals surface area contributed by atoms with E-state index >= 15 is 0 Å². The lowest BCUT2D eigenvalue weighted by Crippen LogP contribution is -2.23. The molecule has 0 fully saturated rings. The van der Waals surface area contributed by atoms with E-state index in [0.29, 0.717) is 29.4 Å². The standard InChI is InChI=1S/C22H18N4O3/c1-28-20-9-16(11-25-21(20)29-2)15-3-4-19-17(8-15)13-26(22(19)27)18-7-14(5-6-23)10-24-12-18/h3-4,7-12H,5,13H2,1-2H3. The molecule has 0 saturated carbocycles. The van der Waals surface area contributed by atoms with Gasteiger partial charge in [-0.1, -0.05) is 6.07 Å². The Hall–Kier alpha value is -3.92. The zero-order chi connectivity index (χ0) is 20.4. The molecular weight excluding hydrogens is 368 g/mol. The number of nitrogens with zero attached hydrogens (tertiary/aromatic N) is 4. The number of fused-ring (bicyclic) bond motifs is 1. The van der Waals surface area contributed by atoms with Crippen LogP contribution >= 0.6 is 0 Å². The van der Waals surface area contributed by atoms with Crippen molar-refractivity contribution in [3.8, 4) is 28.8 Å². The zero-order valence-electron chi connectivity index (χ0n) is 16.0. The molecule has 1 amide bonds. The summed E-state index contributed by atoms with van der Waals surface area (Å²) in [6.07, 6.45) is 5.26. The summed E-state index contributed by atoms with van der Waals surface area (Å²) in [7, 11) is 3.11. The second-order valence-electron chi connectivity index (χ2n) is 6.59. The number of carbonyl (C=O) groups excluding carboxylic acids is 1. The van der Waals surface area contributed by atoms with Crippen molar-refractivity contribution in [1.82, 2.24) is 9.97 Å². The van der Waals surface area contributed by atoms with E-state index in [-0.39, 0.29) is 12.3 Å². The first kappa shape index (κ1) is 18.4. The minimum absolute atomic E-state index is 0.0760. The molecule has 0 N–H and O–H groups in total. The number of pyridine rings is 2. The van der Waals surface area contributed by atoms with Gasteiger partial charge >= 0.3 is 0 Å². The summed E-state index contributed by atoms with van der Waals surface area (Å²) in [5, 5.41) is 8.90. The summed E-state index contributed by atoms with van der Waals surface area (Å²) in [4.78, 5) is 23.0. The van der Waals surface area contributed by atoms with Crippen LogP contribution in [-0.2, 0) is 13.0 Å². The van der Waals surface area contributed by atoms with Crippen molar-refractivity contribution in [2.24, 2.45) is 0 Å². The van der Waals surface area contributed by atoms with Crippen molar-refractivity contribution < 1.29 is 14.3 Å². The van der Waals surface area contributed by atoms with Gasteiger partial charge in [-0.15, -0.1) is 0 Å². The molecule has 0 atom stereocenters. The zero-order valence-corrected chi connectivity index (χ0v) is 16.0. The molecule has 0 spiro atoms. The van der Waals surface area contributed by atoms with Crippen LogP contribution in [0.3, 0.4) is 0 Å². The highest BCUT2D eigenvalue weighted by atomic mass is 16.5. The Balaban J connectivity index is 1.66. The minimum atomic E-state index is -0.0760. The second-order valence-corrected chi connectivity index (χ2v) is 6.59. The van der Waals surface area contributed by atoms with E-state index in [1.807, 2.05) is 30.3 Å². The van der Waals surface area contributed by atoms with E-state index < -0.39 is 0 Å². The SMILES string of the molecule is COc1cc(-c2ccc3c(c2)CN(c2cncc(CC#N)c2)C3=O)cnc1OC. The highest BCUT2D eigenvalue weighted by Crippen LogP contribution is 2.34. The van der Waals surface area contributed by atoms with Crippen LogP contribution in [0.1, 0.15) is 21.5 Å². The Morgan fingerprint density at radius 3 is 2.72 bits per heavy atom. The fourth-order valence-electron chi connectivity index (χ4n) is 3.41. The number of anilines is 1. The van der Waals surface area contributed by atoms with Gasteiger partial charge in [0.1, 0.15) is 0 Å². The maximum Gasteiger partial charge on any atom is 0.258 e. The average Bonchev–Trinajstić information content (AvgIpc) is 3.09. The topological polar surface area (TPSA) is 88.3 Å². The number of amides is 1. The van der Waals surface area contributed by atoms with Crippen LogP contribution in [0.4, 0.5) is 5.69 Å². The predicted octanol–water partition coefficient (Wildman–Crippen LogP) is 3.39. The monoisotopic (exact) mass is 386 g/mol. The van der Waals surface area contributed by atoms with E-state index in [2.05, 4.69) is 16.0 Å². The summed E-state index contributed by atoms with van der Waals surface area (Å²) in [6, 6.07) is 11.5. The van der Waals surface area contributed by atoms with Crippen molar-refractivity contribution in [2.75, 3.05) is 19.1 Å². The van der Waals surface area contributed by atoms with Crippen LogP contribution in [0.5, 0.6) is 11.6 Å². The van der Waals surface area contributed by atoms with E-state index in [1.54, 1.807) is 37.7 Å². The first-order valence-corrected chi connectivity index (χ1v) is 8.98. The molecule has 1 aromatic carbocycles. The molecule has 0 radical (unpaired) electrons. The van der Waals surface area contributed by atoms with Gasteiger partial charge in [-0.2, -0.15) is 5.26 Å². The van der Waals surface area contributed by atoms with Crippen molar-refractivity contribution >= 4 is 11.6 Å². The molecule has 3 heterocycles. The minimum Gasteiger partial charge on any atom is -0.491 e. The van der Waals surface area contributed by atoms with Crippen LogP contribution in [0.25, 0.3) is 11.1 Å². The van der Waals surface area contributed by atoms with Crippen LogP contribution in [-0.4, -0.2) is 30.1 Å². The number of rotatable bonds is 5. The normalized spacial score (nSPS) is 12.4. The number of hydrogen-bond donors (Lipinski definition) is 0. The molecule has 1 aliphatic heterocycles. The Labute approximate surface area is 168 Å². The van der Waals surface area contributed by atoms with Crippen LogP contribution < -0.4 is 14.4 Å². The predicted molar refractivity (Wildman–Crippen MR) is 107 cm³/mol. The van der Waals surface area contributed by atoms with Gasteiger partial charge < -0.3 is 14.4 Å². The van der Waals surface area contributed by atoms with Crippen molar-refractivity contribution in [1.29, 1.82) is 5.26 Å². The van der Waals surface area contributed by atoms with Crippen LogP contribution in [0, 0.1) is 11.3 Å². The maximum atomic E-state index is 12.9. The molecular formula is C22H18N4O3. The number of nitriles is 1. The lowest BCUT2D eigenvalue weighted by Gasteiger charge is -2.15. The third kappa shape index (κ3) is 3.36. The molecule has 29 heavy (non-hydrogen) atoms. The molecule has 7 nitrogen and oxygen atoms in total. The first-order chi connectivity index (χ1) is 14.1. The first-order valence-electron chi connectivity index (χ1n) is 8.98. The quantitative estimate of drug-likeness (QED) is 0.668. The fourth-order valence-corrected chi connectivity index (χ4v) is 3.41. The van der Waals surface area contributed by atoms with E-state index in [9.17, 15) is 4.79 Å². The number of carbonyl (C=O) groups is 1. The Bertz CT molecular complexity index is 1140. The van der Waals surface area contributed by atoms with Gasteiger partial charge in [0.2, 0.25) is 0 Å². The highest BCUT2D eigenvalue weighted by molar-refractivity contribution is 6.10. The average molecular weight is 386 g/mol. The molecule has 3 aromatic rings. The second kappa shape index (κ2) is 7.60. The van der Waals surface area contributed by atoms with Crippen molar-refractivity contribution in [3.05, 3.63) is 65.6 Å². The van der Waals surface area contributed by atoms with Gasteiger partial charge in [0, 0.05) is 23.5 Å². The fraction of sp³-hybridized carbons (Fsp3) is 0.182. The van der Waals surface area contributed by atoms with Crippen LogP contribution in [0.15, 0.2) is 48.9 Å². The summed E-state index contributed by atoms with van der Waals surface area (Å²) < 4.78 is 10.5.